The number of fused-ring (bicyclic) bond motifs is 2. The third-order valence-corrected chi connectivity index (χ3v) is 7.83. The van der Waals surface area contributed by atoms with Crippen molar-refractivity contribution in [3.05, 3.63) is 63.4 Å². The van der Waals surface area contributed by atoms with Crippen molar-refractivity contribution in [1.29, 1.82) is 0 Å². The van der Waals surface area contributed by atoms with Crippen LogP contribution < -0.4 is 0 Å². The summed E-state index contributed by atoms with van der Waals surface area (Å²) in [6.07, 6.45) is 3.67. The number of hydrogen-bond acceptors (Lipinski definition) is 3. The number of hydrogen-bond donors (Lipinski definition) is 0. The monoisotopic (exact) mass is 495 g/mol. The molecule has 0 N–H and O–H groups in total. The molecule has 1 aliphatic carbocycles. The minimum Gasteiger partial charge on any atom is -0.378 e. The van der Waals surface area contributed by atoms with Gasteiger partial charge in [0.2, 0.25) is 0 Å². The number of ether oxygens (including phenoxy) is 1. The highest BCUT2D eigenvalue weighted by molar-refractivity contribution is 9.10. The number of halogens is 1. The summed E-state index contributed by atoms with van der Waals surface area (Å²) in [5, 5.41) is 0. The van der Waals surface area contributed by atoms with Gasteiger partial charge in [-0.25, -0.2) is 4.98 Å². The Labute approximate surface area is 200 Å². The van der Waals surface area contributed by atoms with Crippen LogP contribution in [-0.2, 0) is 17.6 Å². The van der Waals surface area contributed by atoms with E-state index in [0.717, 1.165) is 31.6 Å². The van der Waals surface area contributed by atoms with Gasteiger partial charge in [-0.05, 0) is 73.1 Å². The quantitative estimate of drug-likeness (QED) is 0.440. The zero-order valence-corrected chi connectivity index (χ0v) is 21.2. The molecule has 170 valence electrons. The van der Waals surface area contributed by atoms with Crippen molar-refractivity contribution < 1.29 is 4.74 Å². The predicted molar refractivity (Wildman–Crippen MR) is 134 cm³/mol. The molecule has 1 aliphatic heterocycles. The van der Waals surface area contributed by atoms with Gasteiger partial charge in [-0.2, -0.15) is 0 Å². The average Bonchev–Trinajstić information content (AvgIpc) is 3.33. The first-order chi connectivity index (χ1) is 15.4. The maximum absolute atomic E-state index is 6.11. The number of rotatable bonds is 5. The Balaban J connectivity index is 1.34. The van der Waals surface area contributed by atoms with Crippen LogP contribution in [0.3, 0.4) is 0 Å². The molecule has 3 atom stereocenters. The lowest BCUT2D eigenvalue weighted by Gasteiger charge is -2.40. The van der Waals surface area contributed by atoms with E-state index < -0.39 is 0 Å². The lowest BCUT2D eigenvalue weighted by atomic mass is 9.97. The third kappa shape index (κ3) is 4.15. The molecule has 3 aromatic rings. The Morgan fingerprint density at radius 3 is 2.72 bits per heavy atom. The molecule has 2 aliphatic rings. The van der Waals surface area contributed by atoms with Crippen LogP contribution in [0, 0.1) is 12.8 Å². The number of likely N-dealkylation sites (tertiary alicyclic amines) is 1. The van der Waals surface area contributed by atoms with Gasteiger partial charge < -0.3 is 14.2 Å². The highest BCUT2D eigenvalue weighted by Crippen LogP contribution is 2.35. The molecule has 2 heterocycles. The summed E-state index contributed by atoms with van der Waals surface area (Å²) in [5.74, 6) is 2.27. The number of methoxy groups -OCH3 is 1. The van der Waals surface area contributed by atoms with E-state index in [9.17, 15) is 0 Å². The Morgan fingerprint density at radius 1 is 1.12 bits per heavy atom. The zero-order chi connectivity index (χ0) is 22.4. The van der Waals surface area contributed by atoms with E-state index in [-0.39, 0.29) is 6.10 Å². The van der Waals surface area contributed by atoms with Gasteiger partial charge in [-0.15, -0.1) is 0 Å². The molecule has 2 aromatic carbocycles. The van der Waals surface area contributed by atoms with Crippen molar-refractivity contribution in [1.82, 2.24) is 14.5 Å². The standard InChI is InChI=1S/C27H34BrN3O/c1-17(2)27-29-23-11-18(3)5-8-24(23)31(27)25-9-10-30(16-26(25)32-4)15-19-12-20-6-7-22(28)14-21(20)13-19/h5-8,11,14,17,19,25-26H,9-10,12-13,15-16H2,1-4H3/t19-,25+,26+/m0/s1. The molecule has 0 amide bonds. The lowest BCUT2D eigenvalue weighted by molar-refractivity contribution is -0.00966. The van der Waals surface area contributed by atoms with Gasteiger partial charge in [0.05, 0.1) is 23.2 Å². The molecule has 1 fully saturated rings. The number of imidazole rings is 1. The van der Waals surface area contributed by atoms with E-state index in [4.69, 9.17) is 9.72 Å². The normalized spacial score (nSPS) is 23.9. The van der Waals surface area contributed by atoms with Gasteiger partial charge >= 0.3 is 0 Å². The molecule has 0 spiro atoms. The van der Waals surface area contributed by atoms with Crippen LogP contribution in [-0.4, -0.2) is 47.3 Å². The van der Waals surface area contributed by atoms with Gasteiger partial charge in [0.25, 0.3) is 0 Å². The van der Waals surface area contributed by atoms with Crippen LogP contribution in [0.5, 0.6) is 0 Å². The van der Waals surface area contributed by atoms with Crippen molar-refractivity contribution >= 4 is 27.0 Å². The highest BCUT2D eigenvalue weighted by atomic mass is 79.9. The third-order valence-electron chi connectivity index (χ3n) is 7.33. The smallest absolute Gasteiger partial charge is 0.112 e. The molecule has 0 radical (unpaired) electrons. The number of benzene rings is 2. The van der Waals surface area contributed by atoms with Gasteiger partial charge in [0.1, 0.15) is 5.82 Å². The Morgan fingerprint density at radius 2 is 1.94 bits per heavy atom. The van der Waals surface area contributed by atoms with E-state index >= 15 is 0 Å². The first-order valence-electron chi connectivity index (χ1n) is 11.9. The van der Waals surface area contributed by atoms with Crippen LogP contribution >= 0.6 is 15.9 Å². The lowest BCUT2D eigenvalue weighted by Crippen LogP contribution is -2.47. The molecule has 4 nitrogen and oxygen atoms in total. The largest absolute Gasteiger partial charge is 0.378 e. The highest BCUT2D eigenvalue weighted by Gasteiger charge is 2.35. The Kier molecular flexibility index (Phi) is 6.17. The molecular formula is C27H34BrN3O. The number of aromatic nitrogens is 2. The minimum absolute atomic E-state index is 0.179. The summed E-state index contributed by atoms with van der Waals surface area (Å²) in [4.78, 5) is 7.67. The van der Waals surface area contributed by atoms with E-state index in [0.29, 0.717) is 17.9 Å². The molecule has 0 unspecified atom stereocenters. The molecule has 1 aromatic heterocycles. The summed E-state index contributed by atoms with van der Waals surface area (Å²) in [7, 11) is 1.88. The van der Waals surface area contributed by atoms with E-state index in [1.54, 1.807) is 0 Å². The fourth-order valence-corrected chi connectivity index (χ4v) is 6.22. The van der Waals surface area contributed by atoms with Crippen molar-refractivity contribution in [2.45, 2.75) is 58.1 Å². The summed E-state index contributed by atoms with van der Waals surface area (Å²) >= 11 is 3.63. The summed E-state index contributed by atoms with van der Waals surface area (Å²) in [6.45, 7) is 9.89. The fraction of sp³-hybridized carbons (Fsp3) is 0.519. The zero-order valence-electron chi connectivity index (χ0n) is 19.6. The SMILES string of the molecule is CO[C@@H]1CN(C[C@H]2Cc3ccc(Br)cc3C2)CC[C@H]1n1c(C(C)C)nc2cc(C)ccc21. The first-order valence-corrected chi connectivity index (χ1v) is 12.7. The molecule has 0 saturated carbocycles. The van der Waals surface area contributed by atoms with Gasteiger partial charge in [0.15, 0.2) is 0 Å². The van der Waals surface area contributed by atoms with E-state index in [1.807, 2.05) is 7.11 Å². The van der Waals surface area contributed by atoms with Crippen LogP contribution in [0.15, 0.2) is 40.9 Å². The second kappa shape index (κ2) is 8.92. The Hall–Kier alpha value is -1.69. The molecule has 0 bridgehead atoms. The number of piperidine rings is 1. The van der Waals surface area contributed by atoms with Crippen molar-refractivity contribution in [3.63, 3.8) is 0 Å². The van der Waals surface area contributed by atoms with Crippen molar-refractivity contribution in [2.24, 2.45) is 5.92 Å². The second-order valence-electron chi connectivity index (χ2n) is 10.1. The van der Waals surface area contributed by atoms with Gasteiger partial charge in [-0.3, -0.25) is 0 Å². The maximum Gasteiger partial charge on any atom is 0.112 e. The van der Waals surface area contributed by atoms with Crippen molar-refractivity contribution in [2.75, 3.05) is 26.7 Å². The minimum atomic E-state index is 0.179. The second-order valence-corrected chi connectivity index (χ2v) is 11.0. The topological polar surface area (TPSA) is 30.3 Å². The molecule has 5 rings (SSSR count). The van der Waals surface area contributed by atoms with Crippen LogP contribution in [0.25, 0.3) is 11.0 Å². The maximum atomic E-state index is 6.11. The molecule has 5 heteroatoms. The summed E-state index contributed by atoms with van der Waals surface area (Å²) in [6, 6.07) is 13.8. The molecule has 32 heavy (non-hydrogen) atoms. The van der Waals surface area contributed by atoms with Gasteiger partial charge in [0, 0.05) is 37.1 Å². The number of aryl methyl sites for hydroxylation is 1. The van der Waals surface area contributed by atoms with Gasteiger partial charge in [-0.1, -0.05) is 41.9 Å². The van der Waals surface area contributed by atoms with E-state index in [2.05, 4.69) is 82.6 Å². The molecule has 1 saturated heterocycles. The molecular weight excluding hydrogens is 462 g/mol. The Bertz CT molecular complexity index is 1120. The summed E-state index contributed by atoms with van der Waals surface area (Å²) in [5.41, 5.74) is 6.67. The number of nitrogens with zero attached hydrogens (tertiary/aromatic N) is 3. The first kappa shape index (κ1) is 22.1. The van der Waals surface area contributed by atoms with Crippen LogP contribution in [0.1, 0.15) is 54.7 Å². The summed E-state index contributed by atoms with van der Waals surface area (Å²) < 4.78 is 9.80. The van der Waals surface area contributed by atoms with E-state index in [1.165, 1.54) is 45.3 Å². The van der Waals surface area contributed by atoms with Crippen LogP contribution in [0.4, 0.5) is 0 Å². The average molecular weight is 496 g/mol. The van der Waals surface area contributed by atoms with Crippen molar-refractivity contribution in [3.8, 4) is 0 Å². The predicted octanol–water partition coefficient (Wildman–Crippen LogP) is 5.91. The fourth-order valence-electron chi connectivity index (χ4n) is 5.82. The van der Waals surface area contributed by atoms with Crippen LogP contribution in [0.2, 0.25) is 0 Å².